The summed E-state index contributed by atoms with van der Waals surface area (Å²) in [4.78, 5) is 16.6. The Kier molecular flexibility index (Phi) is 5.58. The molecule has 2 heterocycles. The van der Waals surface area contributed by atoms with Crippen LogP contribution in [0.1, 0.15) is 15.9 Å². The van der Waals surface area contributed by atoms with Crippen molar-refractivity contribution in [1.82, 2.24) is 19.6 Å². The molecule has 1 saturated heterocycles. The Labute approximate surface area is 175 Å². The van der Waals surface area contributed by atoms with Gasteiger partial charge in [-0.15, -0.1) is 0 Å². The molecule has 0 aliphatic carbocycles. The van der Waals surface area contributed by atoms with Crippen LogP contribution in [0.2, 0.25) is 5.02 Å². The second kappa shape index (κ2) is 8.14. The fourth-order valence-electron chi connectivity index (χ4n) is 3.79. The Balaban J connectivity index is 1.64. The minimum atomic E-state index is -0.960. The smallest absolute Gasteiger partial charge is 0.336 e. The lowest BCUT2D eigenvalue weighted by atomic mass is 9.99. The van der Waals surface area contributed by atoms with E-state index >= 15 is 0 Å². The van der Waals surface area contributed by atoms with E-state index in [-0.39, 0.29) is 5.56 Å². The number of halogens is 1. The number of carboxylic acids is 1. The number of hydrogen-bond acceptors (Lipinski definition) is 4. The van der Waals surface area contributed by atoms with E-state index in [2.05, 4.69) is 21.9 Å². The molecule has 3 aromatic rings. The van der Waals surface area contributed by atoms with Crippen molar-refractivity contribution in [3.63, 3.8) is 0 Å². The molecule has 1 aliphatic rings. The summed E-state index contributed by atoms with van der Waals surface area (Å²) in [5, 5.41) is 15.7. The maximum Gasteiger partial charge on any atom is 0.336 e. The summed E-state index contributed by atoms with van der Waals surface area (Å²) in [7, 11) is 2.14. The van der Waals surface area contributed by atoms with Crippen LogP contribution >= 0.6 is 11.6 Å². The van der Waals surface area contributed by atoms with Gasteiger partial charge in [-0.05, 0) is 43.3 Å². The highest BCUT2D eigenvalue weighted by Crippen LogP contribution is 2.32. The zero-order valence-corrected chi connectivity index (χ0v) is 17.5. The standard InChI is InChI=1S/C22H25ClN4O2/c1-15-3-4-17(20(23)11-15)16-12-18(22(28)29)19-14-27(24-21(19)13-16)10-9-26-7-5-25(2)6-8-26/h3-4,11-14H,5-10H2,1-2H3,(H,28,29). The van der Waals surface area contributed by atoms with E-state index in [1.165, 1.54) is 0 Å². The third-order valence-corrected chi connectivity index (χ3v) is 5.89. The lowest BCUT2D eigenvalue weighted by molar-refractivity contribution is 0.0699. The van der Waals surface area contributed by atoms with Crippen LogP contribution < -0.4 is 0 Å². The van der Waals surface area contributed by atoms with Gasteiger partial charge in [-0.25, -0.2) is 4.79 Å². The van der Waals surface area contributed by atoms with Crippen LogP contribution in [0.4, 0.5) is 0 Å². The molecule has 1 fully saturated rings. The van der Waals surface area contributed by atoms with E-state index in [9.17, 15) is 9.90 Å². The first kappa shape index (κ1) is 19.9. The van der Waals surface area contributed by atoms with E-state index < -0.39 is 5.97 Å². The minimum Gasteiger partial charge on any atom is -0.478 e. The topological polar surface area (TPSA) is 61.6 Å². The second-order valence-corrected chi connectivity index (χ2v) is 8.19. The van der Waals surface area contributed by atoms with Crippen LogP contribution in [0.5, 0.6) is 0 Å². The van der Waals surface area contributed by atoms with Crippen LogP contribution in [-0.2, 0) is 6.54 Å². The molecule has 152 valence electrons. The van der Waals surface area contributed by atoms with E-state index in [0.717, 1.165) is 56.0 Å². The van der Waals surface area contributed by atoms with Crippen molar-refractivity contribution in [3.8, 4) is 11.1 Å². The van der Waals surface area contributed by atoms with Crippen molar-refractivity contribution in [2.24, 2.45) is 0 Å². The van der Waals surface area contributed by atoms with Crippen LogP contribution in [0.3, 0.4) is 0 Å². The average Bonchev–Trinajstić information content (AvgIpc) is 3.09. The molecule has 0 unspecified atom stereocenters. The Morgan fingerprint density at radius 3 is 2.59 bits per heavy atom. The zero-order valence-electron chi connectivity index (χ0n) is 16.7. The zero-order chi connectivity index (χ0) is 20.5. The maximum absolute atomic E-state index is 11.9. The van der Waals surface area contributed by atoms with E-state index in [0.29, 0.717) is 15.9 Å². The number of carbonyl (C=O) groups is 1. The van der Waals surface area contributed by atoms with Gasteiger partial charge in [-0.3, -0.25) is 9.58 Å². The quantitative estimate of drug-likeness (QED) is 0.693. The van der Waals surface area contributed by atoms with Crippen molar-refractivity contribution in [2.75, 3.05) is 39.8 Å². The Morgan fingerprint density at radius 1 is 1.14 bits per heavy atom. The first-order valence-electron chi connectivity index (χ1n) is 9.82. The fourth-order valence-corrected chi connectivity index (χ4v) is 4.13. The van der Waals surface area contributed by atoms with Gasteiger partial charge in [0.1, 0.15) is 0 Å². The van der Waals surface area contributed by atoms with Crippen molar-refractivity contribution < 1.29 is 9.90 Å². The maximum atomic E-state index is 11.9. The molecule has 0 bridgehead atoms. The first-order chi connectivity index (χ1) is 13.9. The number of aromatic nitrogens is 2. The van der Waals surface area contributed by atoms with E-state index in [1.807, 2.05) is 42.1 Å². The van der Waals surface area contributed by atoms with Gasteiger partial charge < -0.3 is 10.0 Å². The highest BCUT2D eigenvalue weighted by atomic mass is 35.5. The van der Waals surface area contributed by atoms with Crippen LogP contribution in [0, 0.1) is 6.92 Å². The third kappa shape index (κ3) is 4.29. The number of aromatic carboxylic acids is 1. The molecule has 7 heteroatoms. The molecule has 6 nitrogen and oxygen atoms in total. The number of piperazine rings is 1. The van der Waals surface area contributed by atoms with Gasteiger partial charge >= 0.3 is 5.97 Å². The van der Waals surface area contributed by atoms with Gasteiger partial charge in [0.25, 0.3) is 0 Å². The molecule has 2 aromatic carbocycles. The molecular formula is C22H25ClN4O2. The summed E-state index contributed by atoms with van der Waals surface area (Å²) in [6.07, 6.45) is 1.84. The molecule has 0 saturated carbocycles. The van der Waals surface area contributed by atoms with Gasteiger partial charge in [0.2, 0.25) is 0 Å². The number of hydrogen-bond donors (Lipinski definition) is 1. The van der Waals surface area contributed by atoms with Crippen LogP contribution in [-0.4, -0.2) is 70.4 Å². The normalized spacial score (nSPS) is 15.8. The molecule has 0 radical (unpaired) electrons. The Morgan fingerprint density at radius 2 is 1.90 bits per heavy atom. The van der Waals surface area contributed by atoms with E-state index in [4.69, 9.17) is 11.6 Å². The number of benzene rings is 2. The molecule has 4 rings (SSSR count). The number of aryl methyl sites for hydroxylation is 1. The van der Waals surface area contributed by atoms with E-state index in [1.54, 1.807) is 6.07 Å². The summed E-state index contributed by atoms with van der Waals surface area (Å²) in [6.45, 7) is 7.86. The van der Waals surface area contributed by atoms with Crippen LogP contribution in [0.25, 0.3) is 22.0 Å². The van der Waals surface area contributed by atoms with Crippen molar-refractivity contribution in [1.29, 1.82) is 0 Å². The summed E-state index contributed by atoms with van der Waals surface area (Å²) in [6, 6.07) is 9.39. The number of carboxylic acid groups (broad SMARTS) is 1. The molecule has 0 atom stereocenters. The largest absolute Gasteiger partial charge is 0.478 e. The van der Waals surface area contributed by atoms with Gasteiger partial charge in [0.15, 0.2) is 0 Å². The summed E-state index contributed by atoms with van der Waals surface area (Å²) in [5.74, 6) is -0.960. The van der Waals surface area contributed by atoms with Gasteiger partial charge in [0.05, 0.1) is 17.6 Å². The fraction of sp³-hybridized carbons (Fsp3) is 0.364. The monoisotopic (exact) mass is 412 g/mol. The average molecular weight is 413 g/mol. The number of fused-ring (bicyclic) bond motifs is 1. The molecule has 1 N–H and O–H groups in total. The van der Waals surface area contributed by atoms with Crippen molar-refractivity contribution in [2.45, 2.75) is 13.5 Å². The van der Waals surface area contributed by atoms with Crippen molar-refractivity contribution in [3.05, 3.63) is 52.7 Å². The molecule has 0 spiro atoms. The first-order valence-corrected chi connectivity index (χ1v) is 10.2. The molecule has 1 aliphatic heterocycles. The SMILES string of the molecule is Cc1ccc(-c2cc(C(=O)O)c3cn(CCN4CCN(C)CC4)nc3c2)c(Cl)c1. The third-order valence-electron chi connectivity index (χ3n) is 5.58. The Hall–Kier alpha value is -2.41. The van der Waals surface area contributed by atoms with Gasteiger partial charge in [-0.2, -0.15) is 5.10 Å². The predicted molar refractivity (Wildman–Crippen MR) is 116 cm³/mol. The van der Waals surface area contributed by atoms with Crippen LogP contribution in [0.15, 0.2) is 36.5 Å². The minimum absolute atomic E-state index is 0.250. The molecule has 1 aromatic heterocycles. The number of likely N-dealkylation sites (N-methyl/N-ethyl adjacent to an activating group) is 1. The second-order valence-electron chi connectivity index (χ2n) is 7.78. The van der Waals surface area contributed by atoms with Crippen molar-refractivity contribution >= 4 is 28.5 Å². The molecular weight excluding hydrogens is 388 g/mol. The molecule has 0 amide bonds. The lowest BCUT2D eigenvalue weighted by Crippen LogP contribution is -2.45. The summed E-state index contributed by atoms with van der Waals surface area (Å²) < 4.78 is 1.86. The predicted octanol–water partition coefficient (Wildman–Crippen LogP) is 3.61. The summed E-state index contributed by atoms with van der Waals surface area (Å²) >= 11 is 6.42. The number of rotatable bonds is 5. The number of nitrogens with zero attached hydrogens (tertiary/aromatic N) is 4. The Bertz CT molecular complexity index is 1050. The highest BCUT2D eigenvalue weighted by Gasteiger charge is 2.17. The van der Waals surface area contributed by atoms with Gasteiger partial charge in [-0.1, -0.05) is 23.7 Å². The lowest BCUT2D eigenvalue weighted by Gasteiger charge is -2.32. The van der Waals surface area contributed by atoms with Gasteiger partial charge in [0, 0.05) is 54.9 Å². The highest BCUT2D eigenvalue weighted by molar-refractivity contribution is 6.33. The summed E-state index contributed by atoms with van der Waals surface area (Å²) in [5.41, 5.74) is 3.57. The molecule has 29 heavy (non-hydrogen) atoms.